The zero-order chi connectivity index (χ0) is 26.1. The number of hydrogen-bond acceptors (Lipinski definition) is 5. The van der Waals surface area contributed by atoms with Crippen LogP contribution in [0.2, 0.25) is 0 Å². The Labute approximate surface area is 216 Å². The summed E-state index contributed by atoms with van der Waals surface area (Å²) in [4.78, 5) is 42.1. The van der Waals surface area contributed by atoms with Crippen LogP contribution in [0.3, 0.4) is 0 Å². The first-order chi connectivity index (χ1) is 17.9. The first-order valence-electron chi connectivity index (χ1n) is 12.5. The third kappa shape index (κ3) is 4.81. The van der Waals surface area contributed by atoms with Gasteiger partial charge in [0.25, 0.3) is 17.7 Å². The highest BCUT2D eigenvalue weighted by Crippen LogP contribution is 2.29. The molecule has 3 aromatic carbocycles. The Kier molecular flexibility index (Phi) is 6.70. The van der Waals surface area contributed by atoms with Gasteiger partial charge in [-0.3, -0.25) is 19.3 Å². The van der Waals surface area contributed by atoms with E-state index in [1.807, 2.05) is 18.7 Å². The van der Waals surface area contributed by atoms with Gasteiger partial charge in [0.1, 0.15) is 17.6 Å². The van der Waals surface area contributed by atoms with Gasteiger partial charge in [-0.2, -0.15) is 0 Å². The van der Waals surface area contributed by atoms with E-state index in [9.17, 15) is 14.4 Å². The molecule has 190 valence electrons. The van der Waals surface area contributed by atoms with E-state index in [4.69, 9.17) is 9.47 Å². The molecule has 0 aromatic heterocycles. The molecule has 0 radical (unpaired) electrons. The summed E-state index contributed by atoms with van der Waals surface area (Å²) in [5.41, 5.74) is 4.17. The van der Waals surface area contributed by atoms with Gasteiger partial charge in [0, 0.05) is 25.9 Å². The summed E-state index contributed by atoms with van der Waals surface area (Å²) in [6.45, 7) is 5.31. The lowest BCUT2D eigenvalue weighted by molar-refractivity contribution is 0.0590. The highest BCUT2D eigenvalue weighted by Gasteiger charge is 2.35. The second-order valence-corrected chi connectivity index (χ2v) is 9.66. The minimum atomic E-state index is -0.324. The number of methoxy groups -OCH3 is 1. The van der Waals surface area contributed by atoms with Crippen LogP contribution < -0.4 is 9.47 Å². The topological polar surface area (TPSA) is 76.2 Å². The van der Waals surface area contributed by atoms with Crippen molar-refractivity contribution in [1.29, 1.82) is 0 Å². The van der Waals surface area contributed by atoms with E-state index in [0.717, 1.165) is 29.7 Å². The zero-order valence-corrected chi connectivity index (χ0v) is 21.3. The predicted octanol–water partition coefficient (Wildman–Crippen LogP) is 4.79. The maximum Gasteiger partial charge on any atom is 0.261 e. The number of aryl methyl sites for hydroxylation is 2. The van der Waals surface area contributed by atoms with Crippen LogP contribution in [0, 0.1) is 13.8 Å². The van der Waals surface area contributed by atoms with Crippen LogP contribution >= 0.6 is 0 Å². The number of hydrogen-bond donors (Lipinski definition) is 0. The molecular formula is C30H30N2O5. The molecule has 0 atom stereocenters. The third-order valence-electron chi connectivity index (χ3n) is 7.08. The highest BCUT2D eigenvalue weighted by atomic mass is 16.5. The molecule has 2 aliphatic heterocycles. The minimum absolute atomic E-state index is 0.0478. The summed E-state index contributed by atoms with van der Waals surface area (Å²) < 4.78 is 11.7. The number of nitrogens with zero attached hydrogens (tertiary/aromatic N) is 2. The fraction of sp³-hybridized carbons (Fsp3) is 0.300. The fourth-order valence-corrected chi connectivity index (χ4v) is 4.95. The largest absolute Gasteiger partial charge is 0.496 e. The van der Waals surface area contributed by atoms with Crippen LogP contribution in [0.1, 0.15) is 60.6 Å². The molecule has 7 nitrogen and oxygen atoms in total. The van der Waals surface area contributed by atoms with Gasteiger partial charge in [0.05, 0.1) is 30.3 Å². The van der Waals surface area contributed by atoms with E-state index in [1.54, 1.807) is 42.5 Å². The Morgan fingerprint density at radius 3 is 2.22 bits per heavy atom. The Morgan fingerprint density at radius 2 is 1.57 bits per heavy atom. The summed E-state index contributed by atoms with van der Waals surface area (Å²) in [5, 5.41) is 0. The standard InChI is InChI=1S/C30H30N2O5/c1-19-8-9-20(2)27(16-19)37-22-12-14-31(15-13-22)28(33)25-17-21(10-11-26(25)36-3)18-32-29(34)23-6-4-5-7-24(23)30(32)35/h4-11,16-17,22H,12-15,18H2,1-3H3. The molecule has 37 heavy (non-hydrogen) atoms. The Hall–Kier alpha value is -4.13. The highest BCUT2D eigenvalue weighted by molar-refractivity contribution is 6.21. The lowest BCUT2D eigenvalue weighted by Crippen LogP contribution is -2.42. The Balaban J connectivity index is 1.28. The molecule has 2 heterocycles. The van der Waals surface area contributed by atoms with Crippen LogP contribution in [-0.2, 0) is 6.54 Å². The molecule has 3 aromatic rings. The lowest BCUT2D eigenvalue weighted by Gasteiger charge is -2.33. The number of amides is 3. The number of carbonyl (C=O) groups excluding carboxylic acids is 3. The van der Waals surface area contributed by atoms with Crippen LogP contribution in [0.4, 0.5) is 0 Å². The van der Waals surface area contributed by atoms with Gasteiger partial charge >= 0.3 is 0 Å². The SMILES string of the molecule is COc1ccc(CN2C(=O)c3ccccc3C2=O)cc1C(=O)N1CCC(Oc2cc(C)ccc2C)CC1. The van der Waals surface area contributed by atoms with Crippen LogP contribution in [0.25, 0.3) is 0 Å². The second-order valence-electron chi connectivity index (χ2n) is 9.66. The predicted molar refractivity (Wildman–Crippen MR) is 139 cm³/mol. The number of imide groups is 1. The number of rotatable bonds is 6. The number of ether oxygens (including phenoxy) is 2. The molecule has 0 saturated carbocycles. The number of piperidine rings is 1. The van der Waals surface area contributed by atoms with Gasteiger partial charge in [-0.05, 0) is 60.9 Å². The van der Waals surface area contributed by atoms with E-state index >= 15 is 0 Å². The van der Waals surface area contributed by atoms with Crippen LogP contribution in [0.15, 0.2) is 60.7 Å². The van der Waals surface area contributed by atoms with Gasteiger partial charge in [-0.15, -0.1) is 0 Å². The van der Waals surface area contributed by atoms with Crippen molar-refractivity contribution >= 4 is 17.7 Å². The molecule has 7 heteroatoms. The first kappa shape index (κ1) is 24.6. The molecular weight excluding hydrogens is 468 g/mol. The molecule has 0 spiro atoms. The smallest absolute Gasteiger partial charge is 0.261 e. The molecule has 0 unspecified atom stereocenters. The maximum atomic E-state index is 13.5. The lowest BCUT2D eigenvalue weighted by atomic mass is 10.0. The molecule has 3 amide bonds. The third-order valence-corrected chi connectivity index (χ3v) is 7.08. The van der Waals surface area contributed by atoms with E-state index < -0.39 is 0 Å². The van der Waals surface area contributed by atoms with E-state index in [2.05, 4.69) is 18.2 Å². The van der Waals surface area contributed by atoms with Crippen molar-refractivity contribution in [2.75, 3.05) is 20.2 Å². The van der Waals surface area contributed by atoms with E-state index in [0.29, 0.717) is 41.1 Å². The average molecular weight is 499 g/mol. The van der Waals surface area contributed by atoms with Crippen LogP contribution in [0.5, 0.6) is 11.5 Å². The number of benzene rings is 3. The van der Waals surface area contributed by atoms with E-state index in [-0.39, 0.29) is 30.4 Å². The van der Waals surface area contributed by atoms with E-state index in [1.165, 1.54) is 12.0 Å². The Bertz CT molecular complexity index is 1340. The normalized spacial score (nSPS) is 15.6. The van der Waals surface area contributed by atoms with Crippen LogP contribution in [-0.4, -0.2) is 53.8 Å². The number of likely N-dealkylation sites (tertiary alicyclic amines) is 1. The fourth-order valence-electron chi connectivity index (χ4n) is 4.95. The summed E-state index contributed by atoms with van der Waals surface area (Å²) in [6, 6.07) is 18.2. The van der Waals surface area contributed by atoms with Crippen molar-refractivity contribution in [2.24, 2.45) is 0 Å². The monoisotopic (exact) mass is 498 g/mol. The van der Waals surface area contributed by atoms with Gasteiger partial charge in [0.15, 0.2) is 0 Å². The summed E-state index contributed by atoms with van der Waals surface area (Å²) in [5.74, 6) is 0.578. The molecule has 5 rings (SSSR count). The van der Waals surface area contributed by atoms with Gasteiger partial charge in [0.2, 0.25) is 0 Å². The molecule has 0 N–H and O–H groups in total. The molecule has 0 bridgehead atoms. The van der Waals surface area contributed by atoms with Crippen molar-refractivity contribution in [3.8, 4) is 11.5 Å². The quantitative estimate of drug-likeness (QED) is 0.457. The number of fused-ring (bicyclic) bond motifs is 1. The number of carbonyl (C=O) groups is 3. The van der Waals surface area contributed by atoms with Crippen molar-refractivity contribution in [3.63, 3.8) is 0 Å². The summed E-state index contributed by atoms with van der Waals surface area (Å²) in [7, 11) is 1.53. The zero-order valence-electron chi connectivity index (χ0n) is 21.3. The average Bonchev–Trinajstić information content (AvgIpc) is 3.15. The summed E-state index contributed by atoms with van der Waals surface area (Å²) in [6.07, 6.45) is 1.51. The first-order valence-corrected chi connectivity index (χ1v) is 12.5. The molecule has 1 fully saturated rings. The molecule has 0 aliphatic carbocycles. The summed E-state index contributed by atoms with van der Waals surface area (Å²) >= 11 is 0. The van der Waals surface area contributed by atoms with Gasteiger partial charge in [-0.1, -0.05) is 30.3 Å². The van der Waals surface area contributed by atoms with Crippen molar-refractivity contribution < 1.29 is 23.9 Å². The van der Waals surface area contributed by atoms with Gasteiger partial charge in [-0.25, -0.2) is 0 Å². The Morgan fingerprint density at radius 1 is 0.892 bits per heavy atom. The van der Waals surface area contributed by atoms with Gasteiger partial charge < -0.3 is 14.4 Å². The molecule has 1 saturated heterocycles. The van der Waals surface area contributed by atoms with Crippen molar-refractivity contribution in [1.82, 2.24) is 9.80 Å². The second kappa shape index (κ2) is 10.1. The van der Waals surface area contributed by atoms with Crippen molar-refractivity contribution in [3.05, 3.63) is 94.0 Å². The van der Waals surface area contributed by atoms with Crippen molar-refractivity contribution in [2.45, 2.75) is 39.3 Å². The molecule has 2 aliphatic rings. The maximum absolute atomic E-state index is 13.5. The minimum Gasteiger partial charge on any atom is -0.496 e.